The molecule has 3 rings (SSSR count). The van der Waals surface area contributed by atoms with Crippen LogP contribution in [-0.4, -0.2) is 50.1 Å². The molecule has 1 heterocycles. The average molecular weight is 315 g/mol. The Labute approximate surface area is 139 Å². The molecule has 0 aromatic heterocycles. The van der Waals surface area contributed by atoms with Crippen LogP contribution in [0.15, 0.2) is 30.3 Å². The van der Waals surface area contributed by atoms with E-state index in [4.69, 9.17) is 0 Å². The van der Waals surface area contributed by atoms with Crippen LogP contribution in [0.2, 0.25) is 0 Å². The Morgan fingerprint density at radius 2 is 1.83 bits per heavy atom. The molecule has 2 N–H and O–H groups in total. The van der Waals surface area contributed by atoms with Gasteiger partial charge in [-0.3, -0.25) is 4.79 Å². The molecule has 1 aliphatic carbocycles. The van der Waals surface area contributed by atoms with E-state index in [-0.39, 0.29) is 11.3 Å². The standard InChI is InChI=1S/C19H29N3O/c23-18(21-11-6-14-22-15-12-20-13-16-22)19(9-4-5-10-19)17-7-2-1-3-8-17/h1-3,7-8,20H,4-6,9-16H2,(H,21,23). The van der Waals surface area contributed by atoms with Gasteiger partial charge >= 0.3 is 0 Å². The number of rotatable bonds is 6. The van der Waals surface area contributed by atoms with Gasteiger partial charge in [-0.05, 0) is 31.4 Å². The van der Waals surface area contributed by atoms with Crippen LogP contribution in [-0.2, 0) is 10.2 Å². The number of carbonyl (C=O) groups excluding carboxylic acids is 1. The number of hydrogen-bond acceptors (Lipinski definition) is 3. The molecule has 1 amide bonds. The monoisotopic (exact) mass is 315 g/mol. The lowest BCUT2D eigenvalue weighted by Gasteiger charge is -2.29. The Kier molecular flexibility index (Phi) is 5.68. The van der Waals surface area contributed by atoms with E-state index in [1.807, 2.05) is 18.2 Å². The van der Waals surface area contributed by atoms with Crippen LogP contribution in [0.4, 0.5) is 0 Å². The summed E-state index contributed by atoms with van der Waals surface area (Å²) in [6, 6.07) is 10.4. The summed E-state index contributed by atoms with van der Waals surface area (Å²) in [6.07, 6.45) is 5.32. The van der Waals surface area contributed by atoms with Gasteiger partial charge in [0.2, 0.25) is 5.91 Å². The van der Waals surface area contributed by atoms with Crippen molar-refractivity contribution in [3.8, 4) is 0 Å². The molecule has 0 atom stereocenters. The van der Waals surface area contributed by atoms with Crippen LogP contribution >= 0.6 is 0 Å². The molecular formula is C19H29N3O. The number of hydrogen-bond donors (Lipinski definition) is 2. The highest BCUT2D eigenvalue weighted by Gasteiger charge is 2.42. The van der Waals surface area contributed by atoms with Gasteiger partial charge in [-0.25, -0.2) is 0 Å². The molecule has 1 aromatic carbocycles. The topological polar surface area (TPSA) is 44.4 Å². The summed E-state index contributed by atoms with van der Waals surface area (Å²) in [5, 5.41) is 6.59. The van der Waals surface area contributed by atoms with Crippen LogP contribution in [0, 0.1) is 0 Å². The summed E-state index contributed by atoms with van der Waals surface area (Å²) in [5.74, 6) is 0.238. The molecule has 0 radical (unpaired) electrons. The maximum Gasteiger partial charge on any atom is 0.230 e. The summed E-state index contributed by atoms with van der Waals surface area (Å²) >= 11 is 0. The summed E-state index contributed by atoms with van der Waals surface area (Å²) in [4.78, 5) is 15.4. The summed E-state index contributed by atoms with van der Waals surface area (Å²) in [7, 11) is 0. The van der Waals surface area contributed by atoms with Crippen molar-refractivity contribution in [2.45, 2.75) is 37.5 Å². The van der Waals surface area contributed by atoms with Gasteiger partial charge in [0.05, 0.1) is 5.41 Å². The van der Waals surface area contributed by atoms with E-state index >= 15 is 0 Å². The van der Waals surface area contributed by atoms with Crippen molar-refractivity contribution in [1.82, 2.24) is 15.5 Å². The van der Waals surface area contributed by atoms with Crippen molar-refractivity contribution in [2.24, 2.45) is 0 Å². The van der Waals surface area contributed by atoms with E-state index in [0.717, 1.165) is 71.4 Å². The first kappa shape index (κ1) is 16.5. The molecule has 1 aliphatic heterocycles. The summed E-state index contributed by atoms with van der Waals surface area (Å²) in [5.41, 5.74) is 0.910. The molecule has 0 spiro atoms. The zero-order valence-corrected chi connectivity index (χ0v) is 14.0. The second-order valence-electron chi connectivity index (χ2n) is 6.86. The maximum atomic E-state index is 12.9. The second-order valence-corrected chi connectivity index (χ2v) is 6.86. The molecule has 126 valence electrons. The third-order valence-corrected chi connectivity index (χ3v) is 5.36. The maximum absolute atomic E-state index is 12.9. The predicted molar refractivity (Wildman–Crippen MR) is 93.5 cm³/mol. The molecule has 0 unspecified atom stereocenters. The van der Waals surface area contributed by atoms with Gasteiger partial charge in [0.25, 0.3) is 0 Å². The highest BCUT2D eigenvalue weighted by Crippen LogP contribution is 2.41. The fourth-order valence-electron chi connectivity index (χ4n) is 3.99. The van der Waals surface area contributed by atoms with E-state index in [9.17, 15) is 4.79 Å². The first-order chi connectivity index (χ1) is 11.3. The molecule has 2 fully saturated rings. The van der Waals surface area contributed by atoms with Gasteiger partial charge in [-0.2, -0.15) is 0 Å². The Hall–Kier alpha value is -1.39. The number of benzene rings is 1. The smallest absolute Gasteiger partial charge is 0.230 e. The minimum absolute atomic E-state index is 0.238. The second kappa shape index (κ2) is 7.93. The molecule has 4 heteroatoms. The summed E-state index contributed by atoms with van der Waals surface area (Å²) in [6.45, 7) is 6.30. The lowest BCUT2D eigenvalue weighted by Crippen LogP contribution is -2.45. The van der Waals surface area contributed by atoms with Gasteiger partial charge in [0.1, 0.15) is 0 Å². The average Bonchev–Trinajstić information content (AvgIpc) is 3.11. The van der Waals surface area contributed by atoms with Gasteiger partial charge in [-0.1, -0.05) is 43.2 Å². The van der Waals surface area contributed by atoms with E-state index < -0.39 is 0 Å². The highest BCUT2D eigenvalue weighted by molar-refractivity contribution is 5.88. The number of nitrogens with zero attached hydrogens (tertiary/aromatic N) is 1. The molecule has 23 heavy (non-hydrogen) atoms. The van der Waals surface area contributed by atoms with Gasteiger partial charge < -0.3 is 15.5 Å². The van der Waals surface area contributed by atoms with E-state index in [0.29, 0.717) is 0 Å². The van der Waals surface area contributed by atoms with E-state index in [1.54, 1.807) is 0 Å². The number of nitrogens with one attached hydrogen (secondary N) is 2. The molecule has 4 nitrogen and oxygen atoms in total. The van der Waals surface area contributed by atoms with Crippen molar-refractivity contribution in [3.05, 3.63) is 35.9 Å². The molecule has 2 aliphatic rings. The molecule has 1 aromatic rings. The van der Waals surface area contributed by atoms with Crippen LogP contribution < -0.4 is 10.6 Å². The first-order valence-corrected chi connectivity index (χ1v) is 9.08. The van der Waals surface area contributed by atoms with Crippen LogP contribution in [0.5, 0.6) is 0 Å². The Bertz CT molecular complexity index is 491. The van der Waals surface area contributed by atoms with Crippen molar-refractivity contribution < 1.29 is 4.79 Å². The number of piperazine rings is 1. The highest BCUT2D eigenvalue weighted by atomic mass is 16.2. The van der Waals surface area contributed by atoms with E-state index in [1.165, 1.54) is 5.56 Å². The minimum atomic E-state index is -0.281. The first-order valence-electron chi connectivity index (χ1n) is 9.08. The van der Waals surface area contributed by atoms with Crippen molar-refractivity contribution in [3.63, 3.8) is 0 Å². The van der Waals surface area contributed by atoms with E-state index in [2.05, 4.69) is 27.7 Å². The van der Waals surface area contributed by atoms with Crippen molar-refractivity contribution in [2.75, 3.05) is 39.3 Å². The third kappa shape index (κ3) is 3.93. The lowest BCUT2D eigenvalue weighted by molar-refractivity contribution is -0.126. The van der Waals surface area contributed by atoms with Crippen LogP contribution in [0.1, 0.15) is 37.7 Å². The van der Waals surface area contributed by atoms with Gasteiger partial charge in [0.15, 0.2) is 0 Å². The molecule has 1 saturated carbocycles. The fraction of sp³-hybridized carbons (Fsp3) is 0.632. The lowest BCUT2D eigenvalue weighted by atomic mass is 9.78. The quantitative estimate of drug-likeness (QED) is 0.788. The zero-order chi connectivity index (χ0) is 16.0. The van der Waals surface area contributed by atoms with Gasteiger partial charge in [-0.15, -0.1) is 0 Å². The largest absolute Gasteiger partial charge is 0.355 e. The normalized spacial score (nSPS) is 21.2. The minimum Gasteiger partial charge on any atom is -0.355 e. The molecule has 0 bridgehead atoms. The Morgan fingerprint density at radius 3 is 2.52 bits per heavy atom. The van der Waals surface area contributed by atoms with Crippen LogP contribution in [0.25, 0.3) is 0 Å². The Morgan fingerprint density at radius 1 is 1.13 bits per heavy atom. The number of amides is 1. The zero-order valence-electron chi connectivity index (χ0n) is 14.0. The molecule has 1 saturated heterocycles. The predicted octanol–water partition coefficient (Wildman–Crippen LogP) is 1.91. The van der Waals surface area contributed by atoms with Gasteiger partial charge in [0, 0.05) is 32.7 Å². The third-order valence-electron chi connectivity index (χ3n) is 5.36. The Balaban J connectivity index is 1.51. The van der Waals surface area contributed by atoms with Crippen molar-refractivity contribution in [1.29, 1.82) is 0 Å². The molecular weight excluding hydrogens is 286 g/mol. The van der Waals surface area contributed by atoms with Crippen molar-refractivity contribution >= 4 is 5.91 Å². The summed E-state index contributed by atoms with van der Waals surface area (Å²) < 4.78 is 0. The number of carbonyl (C=O) groups is 1. The van der Waals surface area contributed by atoms with Crippen LogP contribution in [0.3, 0.4) is 0 Å². The fourth-order valence-corrected chi connectivity index (χ4v) is 3.99. The SMILES string of the molecule is O=C(NCCCN1CCNCC1)C1(c2ccccc2)CCCC1.